The number of hydrazone groups is 1. The van der Waals surface area contributed by atoms with Gasteiger partial charge in [0.15, 0.2) is 5.58 Å². The Hall–Kier alpha value is -3.68. The molecule has 0 saturated heterocycles. The van der Waals surface area contributed by atoms with Crippen molar-refractivity contribution in [2.75, 3.05) is 5.43 Å². The third-order valence-corrected chi connectivity index (χ3v) is 3.60. The summed E-state index contributed by atoms with van der Waals surface area (Å²) in [6.45, 7) is 1.71. The van der Waals surface area contributed by atoms with Gasteiger partial charge in [-0.3, -0.25) is 15.5 Å². The Morgan fingerprint density at radius 2 is 2.00 bits per heavy atom. The summed E-state index contributed by atoms with van der Waals surface area (Å²) in [5.41, 5.74) is 3.89. The fourth-order valence-corrected chi connectivity index (χ4v) is 2.32. The highest BCUT2D eigenvalue weighted by Gasteiger charge is 2.09. The third kappa shape index (κ3) is 3.32. The van der Waals surface area contributed by atoms with E-state index in [1.807, 2.05) is 0 Å². The summed E-state index contributed by atoms with van der Waals surface area (Å²) in [5, 5.41) is 25.4. The van der Waals surface area contributed by atoms with E-state index in [2.05, 4.69) is 10.5 Å². The number of hydrogen-bond acceptors (Lipinski definition) is 7. The van der Waals surface area contributed by atoms with Crippen LogP contribution in [0.2, 0.25) is 0 Å². The van der Waals surface area contributed by atoms with Crippen molar-refractivity contribution < 1.29 is 14.4 Å². The molecule has 2 N–H and O–H groups in total. The number of aromatic hydroxyl groups is 1. The number of aryl methyl sites for hydroxylation is 1. The molecule has 0 saturated carbocycles. The van der Waals surface area contributed by atoms with E-state index < -0.39 is 10.5 Å². The Kier molecular flexibility index (Phi) is 4.17. The maximum Gasteiger partial charge on any atom is 0.336 e. The molecule has 3 aromatic rings. The topological polar surface area (TPSA) is 118 Å². The molecule has 0 spiro atoms. The number of nitro benzene ring substituents is 1. The Labute approximate surface area is 141 Å². The molecule has 8 nitrogen and oxygen atoms in total. The summed E-state index contributed by atoms with van der Waals surface area (Å²) in [6, 6.07) is 10.3. The van der Waals surface area contributed by atoms with Crippen LogP contribution in [0.15, 0.2) is 56.8 Å². The zero-order chi connectivity index (χ0) is 18.0. The molecule has 8 heteroatoms. The molecule has 0 unspecified atom stereocenters. The summed E-state index contributed by atoms with van der Waals surface area (Å²) in [7, 11) is 0. The molecule has 126 valence electrons. The van der Waals surface area contributed by atoms with Gasteiger partial charge in [-0.1, -0.05) is 0 Å². The summed E-state index contributed by atoms with van der Waals surface area (Å²) in [5.74, 6) is -0.0900. The molecule has 1 heterocycles. The second-order valence-corrected chi connectivity index (χ2v) is 5.30. The molecule has 0 aliphatic carbocycles. The molecule has 3 rings (SSSR count). The number of nitrogens with one attached hydrogen (secondary N) is 1. The van der Waals surface area contributed by atoms with Gasteiger partial charge in [0.25, 0.3) is 5.69 Å². The largest absolute Gasteiger partial charge is 0.507 e. The van der Waals surface area contributed by atoms with E-state index in [0.29, 0.717) is 16.6 Å². The van der Waals surface area contributed by atoms with Crippen molar-refractivity contribution in [1.29, 1.82) is 0 Å². The van der Waals surface area contributed by atoms with Gasteiger partial charge in [-0.15, -0.1) is 0 Å². The van der Waals surface area contributed by atoms with Crippen molar-refractivity contribution in [2.45, 2.75) is 6.92 Å². The SMILES string of the molecule is Cc1cc([N+](=O)[O-])ccc1N/N=C/c1c(O)ccc2ccc(=O)oc12. The molecule has 1 aromatic heterocycles. The molecule has 0 aliphatic heterocycles. The molecule has 0 amide bonds. The zero-order valence-corrected chi connectivity index (χ0v) is 13.1. The minimum atomic E-state index is -0.535. The van der Waals surface area contributed by atoms with Crippen LogP contribution >= 0.6 is 0 Å². The first kappa shape index (κ1) is 16.2. The highest BCUT2D eigenvalue weighted by molar-refractivity contribution is 5.99. The number of phenols is 1. The van der Waals surface area contributed by atoms with Crippen molar-refractivity contribution >= 4 is 28.6 Å². The number of benzene rings is 2. The molecule has 0 fully saturated rings. The van der Waals surface area contributed by atoms with Crippen LogP contribution in [0.5, 0.6) is 5.75 Å². The lowest BCUT2D eigenvalue weighted by Gasteiger charge is -2.05. The Balaban J connectivity index is 1.92. The summed E-state index contributed by atoms with van der Waals surface area (Å²) in [6.07, 6.45) is 1.32. The average Bonchev–Trinajstić information content (AvgIpc) is 2.58. The van der Waals surface area contributed by atoms with E-state index in [-0.39, 0.29) is 22.6 Å². The van der Waals surface area contributed by atoms with Gasteiger partial charge >= 0.3 is 5.63 Å². The van der Waals surface area contributed by atoms with Crippen molar-refractivity contribution in [3.05, 3.63) is 74.1 Å². The maximum absolute atomic E-state index is 11.4. The number of fused-ring (bicyclic) bond motifs is 1. The Morgan fingerprint density at radius 1 is 1.24 bits per heavy atom. The molecule has 0 aliphatic rings. The van der Waals surface area contributed by atoms with Crippen LogP contribution in [-0.4, -0.2) is 16.2 Å². The van der Waals surface area contributed by atoms with E-state index in [0.717, 1.165) is 0 Å². The number of nitro groups is 1. The van der Waals surface area contributed by atoms with Crippen LogP contribution in [0.4, 0.5) is 11.4 Å². The molecule has 25 heavy (non-hydrogen) atoms. The average molecular weight is 339 g/mol. The van der Waals surface area contributed by atoms with Gasteiger partial charge in [-0.2, -0.15) is 5.10 Å². The van der Waals surface area contributed by atoms with Gasteiger partial charge in [-0.05, 0) is 36.8 Å². The van der Waals surface area contributed by atoms with E-state index in [1.54, 1.807) is 19.1 Å². The first-order chi connectivity index (χ1) is 12.0. The van der Waals surface area contributed by atoms with Gasteiger partial charge in [-0.25, -0.2) is 4.79 Å². The smallest absolute Gasteiger partial charge is 0.336 e. The van der Waals surface area contributed by atoms with Crippen LogP contribution < -0.4 is 11.1 Å². The highest BCUT2D eigenvalue weighted by Crippen LogP contribution is 2.25. The summed E-state index contributed by atoms with van der Waals surface area (Å²) < 4.78 is 5.13. The second kappa shape index (κ2) is 6.44. The molecular formula is C17H13N3O5. The van der Waals surface area contributed by atoms with Crippen molar-refractivity contribution in [2.24, 2.45) is 5.10 Å². The number of anilines is 1. The van der Waals surface area contributed by atoms with Crippen molar-refractivity contribution in [1.82, 2.24) is 0 Å². The number of hydrogen-bond donors (Lipinski definition) is 2. The minimum absolute atomic E-state index is 0.0134. The lowest BCUT2D eigenvalue weighted by atomic mass is 10.1. The predicted molar refractivity (Wildman–Crippen MR) is 93.2 cm³/mol. The third-order valence-electron chi connectivity index (χ3n) is 3.60. The quantitative estimate of drug-likeness (QED) is 0.326. The van der Waals surface area contributed by atoms with Crippen LogP contribution in [0.25, 0.3) is 11.0 Å². The fourth-order valence-electron chi connectivity index (χ4n) is 2.32. The first-order valence-electron chi connectivity index (χ1n) is 7.25. The second-order valence-electron chi connectivity index (χ2n) is 5.30. The van der Waals surface area contributed by atoms with Crippen molar-refractivity contribution in [3.63, 3.8) is 0 Å². The Morgan fingerprint density at radius 3 is 2.72 bits per heavy atom. The fraction of sp³-hybridized carbons (Fsp3) is 0.0588. The predicted octanol–water partition coefficient (Wildman–Crippen LogP) is 3.16. The van der Waals surface area contributed by atoms with E-state index in [9.17, 15) is 20.0 Å². The maximum atomic E-state index is 11.4. The number of phenolic OH excluding ortho intramolecular Hbond substituents is 1. The number of nitrogens with zero attached hydrogens (tertiary/aromatic N) is 2. The van der Waals surface area contributed by atoms with Gasteiger partial charge in [0, 0.05) is 23.6 Å². The van der Waals surface area contributed by atoms with Crippen LogP contribution in [0, 0.1) is 17.0 Å². The van der Waals surface area contributed by atoms with Crippen molar-refractivity contribution in [3.8, 4) is 5.75 Å². The minimum Gasteiger partial charge on any atom is -0.507 e. The Bertz CT molecular complexity index is 1060. The lowest BCUT2D eigenvalue weighted by Crippen LogP contribution is -1.98. The first-order valence-corrected chi connectivity index (χ1v) is 7.25. The number of non-ortho nitro benzene ring substituents is 1. The van der Waals surface area contributed by atoms with Crippen LogP contribution in [0.1, 0.15) is 11.1 Å². The standard InChI is InChI=1S/C17H13N3O5/c1-10-8-12(20(23)24)4-5-14(10)19-18-9-13-15(21)6-2-11-3-7-16(22)25-17(11)13/h2-9,19,21H,1H3/b18-9+. The lowest BCUT2D eigenvalue weighted by molar-refractivity contribution is -0.384. The monoisotopic (exact) mass is 339 g/mol. The van der Waals surface area contributed by atoms with E-state index >= 15 is 0 Å². The molecule has 0 bridgehead atoms. The molecule has 0 radical (unpaired) electrons. The van der Waals surface area contributed by atoms with E-state index in [4.69, 9.17) is 4.42 Å². The summed E-state index contributed by atoms with van der Waals surface area (Å²) >= 11 is 0. The van der Waals surface area contributed by atoms with Gasteiger partial charge < -0.3 is 9.52 Å². The van der Waals surface area contributed by atoms with E-state index in [1.165, 1.54) is 36.5 Å². The van der Waals surface area contributed by atoms with Crippen LogP contribution in [-0.2, 0) is 0 Å². The zero-order valence-electron chi connectivity index (χ0n) is 13.1. The normalized spacial score (nSPS) is 11.1. The van der Waals surface area contributed by atoms with Crippen LogP contribution in [0.3, 0.4) is 0 Å². The molecule has 2 aromatic carbocycles. The molecule has 0 atom stereocenters. The van der Waals surface area contributed by atoms with Gasteiger partial charge in [0.1, 0.15) is 5.75 Å². The molecular weight excluding hydrogens is 326 g/mol. The summed E-state index contributed by atoms with van der Waals surface area (Å²) in [4.78, 5) is 21.7. The number of rotatable bonds is 4. The van der Waals surface area contributed by atoms with Gasteiger partial charge in [0.05, 0.1) is 22.4 Å². The van der Waals surface area contributed by atoms with Gasteiger partial charge in [0.2, 0.25) is 0 Å². The highest BCUT2D eigenvalue weighted by atomic mass is 16.6.